The third kappa shape index (κ3) is 3.74. The van der Waals surface area contributed by atoms with Crippen LogP contribution in [0.5, 0.6) is 0 Å². The van der Waals surface area contributed by atoms with Crippen molar-refractivity contribution in [3.8, 4) is 0 Å². The normalized spacial score (nSPS) is 12.2. The first-order chi connectivity index (χ1) is 3.81. The molecule has 46 valence electrons. The summed E-state index contributed by atoms with van der Waals surface area (Å²) < 4.78 is 0. The highest BCUT2D eigenvalue weighted by Gasteiger charge is 1.96. The number of hydrogen-bond donors (Lipinski definition) is 1. The number of alkyl halides is 1. The van der Waals surface area contributed by atoms with Crippen molar-refractivity contribution < 1.29 is 5.11 Å². The Kier molecular flexibility index (Phi) is 4.45. The smallest absolute Gasteiger partial charge is 0.0731 e. The molecule has 0 aromatic rings. The molecule has 0 radical (unpaired) electrons. The lowest BCUT2D eigenvalue weighted by molar-refractivity contribution is 0.206. The van der Waals surface area contributed by atoms with Crippen molar-refractivity contribution in [2.24, 2.45) is 5.11 Å². The standard InChI is InChI=1S/C3H6ClN3O/c4-1-3(8)2-6-7-5/h3,8H,1-2H2. The predicted molar refractivity (Wildman–Crippen MR) is 30.7 cm³/mol. The van der Waals surface area contributed by atoms with E-state index in [1.807, 2.05) is 0 Å². The number of azide groups is 1. The van der Waals surface area contributed by atoms with Gasteiger partial charge in [-0.3, -0.25) is 0 Å². The average Bonchev–Trinajstić information content (AvgIpc) is 1.83. The van der Waals surface area contributed by atoms with Gasteiger partial charge in [-0.2, -0.15) is 0 Å². The van der Waals surface area contributed by atoms with Gasteiger partial charge in [-0.1, -0.05) is 5.11 Å². The molecule has 1 N–H and O–H groups in total. The van der Waals surface area contributed by atoms with Crippen LogP contribution >= 0.6 is 11.6 Å². The van der Waals surface area contributed by atoms with E-state index in [1.54, 1.807) is 0 Å². The van der Waals surface area contributed by atoms with Gasteiger partial charge in [0, 0.05) is 10.8 Å². The van der Waals surface area contributed by atoms with Gasteiger partial charge >= 0.3 is 0 Å². The maximum atomic E-state index is 8.59. The molecule has 0 spiro atoms. The third-order valence-corrected chi connectivity index (χ3v) is 0.890. The van der Waals surface area contributed by atoms with Gasteiger partial charge in [0.2, 0.25) is 0 Å². The van der Waals surface area contributed by atoms with Gasteiger partial charge in [0.1, 0.15) is 0 Å². The third-order valence-electron chi connectivity index (χ3n) is 0.534. The molecule has 0 saturated carbocycles. The largest absolute Gasteiger partial charge is 0.392 e. The first-order valence-electron chi connectivity index (χ1n) is 2.06. The summed E-state index contributed by atoms with van der Waals surface area (Å²) in [5, 5.41) is 11.7. The summed E-state index contributed by atoms with van der Waals surface area (Å²) in [6.07, 6.45) is -0.701. The number of halogens is 1. The molecule has 0 amide bonds. The minimum Gasteiger partial charge on any atom is -0.392 e. The van der Waals surface area contributed by atoms with E-state index in [0.717, 1.165) is 0 Å². The summed E-state index contributed by atoms with van der Waals surface area (Å²) in [7, 11) is 0. The summed E-state index contributed by atoms with van der Waals surface area (Å²) in [5.41, 5.74) is 7.71. The van der Waals surface area contributed by atoms with E-state index in [9.17, 15) is 0 Å². The fraction of sp³-hybridized carbons (Fsp3) is 1.00. The van der Waals surface area contributed by atoms with Crippen molar-refractivity contribution in [2.75, 3.05) is 12.4 Å². The Labute approximate surface area is 51.7 Å². The van der Waals surface area contributed by atoms with E-state index in [4.69, 9.17) is 22.2 Å². The van der Waals surface area contributed by atoms with Crippen LogP contribution < -0.4 is 0 Å². The van der Waals surface area contributed by atoms with Crippen LogP contribution in [0.1, 0.15) is 0 Å². The molecule has 0 saturated heterocycles. The highest BCUT2D eigenvalue weighted by molar-refractivity contribution is 6.18. The Bertz CT molecular complexity index is 101. The second-order valence-corrected chi connectivity index (χ2v) is 1.53. The number of rotatable bonds is 3. The Morgan fingerprint density at radius 1 is 1.88 bits per heavy atom. The summed E-state index contributed by atoms with van der Waals surface area (Å²) in [4.78, 5) is 2.43. The van der Waals surface area contributed by atoms with E-state index in [-0.39, 0.29) is 12.4 Å². The van der Waals surface area contributed by atoms with E-state index in [1.165, 1.54) is 0 Å². The van der Waals surface area contributed by atoms with Crippen LogP contribution in [0.2, 0.25) is 0 Å². The van der Waals surface area contributed by atoms with Crippen LogP contribution in [0.25, 0.3) is 10.4 Å². The highest BCUT2D eigenvalue weighted by atomic mass is 35.5. The molecule has 1 atom stereocenters. The van der Waals surface area contributed by atoms with Gasteiger partial charge in [-0.05, 0) is 5.53 Å². The molecule has 0 fully saturated rings. The first kappa shape index (κ1) is 7.56. The van der Waals surface area contributed by atoms with Gasteiger partial charge in [-0.15, -0.1) is 11.6 Å². The second kappa shape index (κ2) is 4.71. The minimum atomic E-state index is -0.701. The summed E-state index contributed by atoms with van der Waals surface area (Å²) >= 11 is 5.15. The van der Waals surface area contributed by atoms with Crippen molar-refractivity contribution in [3.05, 3.63) is 10.4 Å². The number of aliphatic hydroxyl groups excluding tert-OH is 1. The Hall–Kier alpha value is -0.440. The minimum absolute atomic E-state index is 0.0556. The molecule has 0 rings (SSSR count). The zero-order valence-electron chi connectivity index (χ0n) is 4.16. The second-order valence-electron chi connectivity index (χ2n) is 1.22. The van der Waals surface area contributed by atoms with Crippen molar-refractivity contribution in [1.29, 1.82) is 0 Å². The van der Waals surface area contributed by atoms with Gasteiger partial charge in [0.05, 0.1) is 12.6 Å². The maximum Gasteiger partial charge on any atom is 0.0731 e. The topological polar surface area (TPSA) is 69.0 Å². The van der Waals surface area contributed by atoms with Crippen LogP contribution in [0.4, 0.5) is 0 Å². The van der Waals surface area contributed by atoms with Gasteiger partial charge < -0.3 is 5.11 Å². The Balaban J connectivity index is 3.23. The lowest BCUT2D eigenvalue weighted by Gasteiger charge is -1.96. The van der Waals surface area contributed by atoms with Crippen LogP contribution in [0.15, 0.2) is 5.11 Å². The molecule has 0 heterocycles. The van der Waals surface area contributed by atoms with Crippen LogP contribution in [0, 0.1) is 0 Å². The molecule has 0 aliphatic rings. The van der Waals surface area contributed by atoms with E-state index in [0.29, 0.717) is 0 Å². The van der Waals surface area contributed by atoms with Crippen molar-refractivity contribution in [3.63, 3.8) is 0 Å². The number of nitrogens with zero attached hydrogens (tertiary/aromatic N) is 3. The molecule has 1 unspecified atom stereocenters. The van der Waals surface area contributed by atoms with E-state index in [2.05, 4.69) is 10.0 Å². The number of aliphatic hydroxyl groups is 1. The van der Waals surface area contributed by atoms with Gasteiger partial charge in [-0.25, -0.2) is 0 Å². The fourth-order valence-electron chi connectivity index (χ4n) is 0.180. The van der Waals surface area contributed by atoms with Crippen LogP contribution in [-0.2, 0) is 0 Å². The fourth-order valence-corrected chi connectivity index (χ4v) is 0.277. The van der Waals surface area contributed by atoms with E-state index < -0.39 is 6.10 Å². The summed E-state index contributed by atoms with van der Waals surface area (Å²) in [5.74, 6) is 0.110. The van der Waals surface area contributed by atoms with Crippen molar-refractivity contribution >= 4 is 11.6 Å². The molecule has 5 heteroatoms. The average molecular weight is 136 g/mol. The Morgan fingerprint density at radius 3 is 2.88 bits per heavy atom. The summed E-state index contributed by atoms with van der Waals surface area (Å²) in [6, 6.07) is 0. The first-order valence-corrected chi connectivity index (χ1v) is 2.59. The zero-order valence-corrected chi connectivity index (χ0v) is 4.91. The molecule has 8 heavy (non-hydrogen) atoms. The molecule has 0 aromatic carbocycles. The SMILES string of the molecule is [N-]=[N+]=NCC(O)CCl. The molecular formula is C3H6ClN3O. The molecule has 4 nitrogen and oxygen atoms in total. The monoisotopic (exact) mass is 135 g/mol. The molecule has 0 aromatic heterocycles. The van der Waals surface area contributed by atoms with Gasteiger partial charge in [0.25, 0.3) is 0 Å². The molecule has 0 aliphatic carbocycles. The quantitative estimate of drug-likeness (QED) is 0.266. The zero-order chi connectivity index (χ0) is 6.41. The lowest BCUT2D eigenvalue weighted by Crippen LogP contribution is -2.11. The maximum absolute atomic E-state index is 8.59. The number of hydrogen-bond acceptors (Lipinski definition) is 2. The summed E-state index contributed by atoms with van der Waals surface area (Å²) in [6.45, 7) is 0.0556. The predicted octanol–water partition coefficient (Wildman–Crippen LogP) is 0.896. The lowest BCUT2D eigenvalue weighted by atomic mass is 10.4. The highest BCUT2D eigenvalue weighted by Crippen LogP contribution is 1.87. The Morgan fingerprint density at radius 2 is 2.50 bits per heavy atom. The molecule has 0 aliphatic heterocycles. The molecular weight excluding hydrogens is 130 g/mol. The van der Waals surface area contributed by atoms with Crippen molar-refractivity contribution in [2.45, 2.75) is 6.10 Å². The van der Waals surface area contributed by atoms with Gasteiger partial charge in [0.15, 0.2) is 0 Å². The molecule has 0 bridgehead atoms. The van der Waals surface area contributed by atoms with Crippen LogP contribution in [-0.4, -0.2) is 23.6 Å². The van der Waals surface area contributed by atoms with Crippen LogP contribution in [0.3, 0.4) is 0 Å². The van der Waals surface area contributed by atoms with E-state index >= 15 is 0 Å². The van der Waals surface area contributed by atoms with Crippen molar-refractivity contribution in [1.82, 2.24) is 0 Å².